The smallest absolute Gasteiger partial charge is 0.358 e. The minimum atomic E-state index is -1.09. The van der Waals surface area contributed by atoms with E-state index in [9.17, 15) is 4.79 Å². The summed E-state index contributed by atoms with van der Waals surface area (Å²) in [5.41, 5.74) is 1.73. The summed E-state index contributed by atoms with van der Waals surface area (Å²) in [4.78, 5) is 11.9. The molecule has 0 fully saturated rings. The maximum Gasteiger partial charge on any atom is 0.358 e. The van der Waals surface area contributed by atoms with Gasteiger partial charge in [0.05, 0.1) is 11.9 Å². The third kappa shape index (κ3) is 1.96. The van der Waals surface area contributed by atoms with E-state index in [1.165, 1.54) is 11.0 Å². The van der Waals surface area contributed by atoms with Gasteiger partial charge in [0.25, 0.3) is 0 Å². The monoisotopic (exact) mass is 281 g/mol. The molecule has 0 spiro atoms. The van der Waals surface area contributed by atoms with Crippen LogP contribution in [0, 0.1) is 6.92 Å². The van der Waals surface area contributed by atoms with Crippen LogP contribution in [0.25, 0.3) is 5.69 Å². The minimum absolute atomic E-state index is 0.0764. The highest BCUT2D eigenvalue weighted by Gasteiger charge is 2.10. The number of hydrogen-bond acceptors (Lipinski definition) is 3. The van der Waals surface area contributed by atoms with Crippen LogP contribution in [0.4, 0.5) is 0 Å². The molecule has 0 aliphatic heterocycles. The molecule has 0 saturated carbocycles. The Kier molecular flexibility index (Phi) is 2.74. The molecular weight excluding hydrogens is 274 g/mol. The summed E-state index contributed by atoms with van der Waals surface area (Å²) < 4.78 is 0.819. The van der Waals surface area contributed by atoms with Crippen LogP contribution in [0.1, 0.15) is 16.1 Å². The van der Waals surface area contributed by atoms with E-state index in [1.54, 1.807) is 0 Å². The number of benzene rings is 1. The number of aromatic nitrogens is 3. The van der Waals surface area contributed by atoms with Gasteiger partial charge >= 0.3 is 5.97 Å². The fraction of sp³-hybridized carbons (Fsp3) is 0.100. The number of carboxylic acid groups (broad SMARTS) is 1. The van der Waals surface area contributed by atoms with Gasteiger partial charge in [-0.2, -0.15) is 5.10 Å². The van der Waals surface area contributed by atoms with Gasteiger partial charge in [0.2, 0.25) is 0 Å². The molecule has 0 saturated heterocycles. The standard InChI is InChI=1S/C10H8BrN3O2/c1-6-2-3-9(7(11)4-6)14-12-5-8(13-14)10(15)16/h2-5H,1H3,(H,15,16). The molecule has 0 amide bonds. The Labute approximate surface area is 99.8 Å². The van der Waals surface area contributed by atoms with Gasteiger partial charge in [-0.1, -0.05) is 6.07 Å². The molecule has 5 nitrogen and oxygen atoms in total. The number of rotatable bonds is 2. The minimum Gasteiger partial charge on any atom is -0.476 e. The number of nitrogens with zero attached hydrogens (tertiary/aromatic N) is 3. The fourth-order valence-electron chi connectivity index (χ4n) is 1.25. The SMILES string of the molecule is Cc1ccc(-n2ncc(C(=O)O)n2)c(Br)c1. The Morgan fingerprint density at radius 3 is 2.81 bits per heavy atom. The third-order valence-corrected chi connectivity index (χ3v) is 2.66. The maximum absolute atomic E-state index is 10.7. The molecule has 16 heavy (non-hydrogen) atoms. The lowest BCUT2D eigenvalue weighted by atomic mass is 10.2. The zero-order chi connectivity index (χ0) is 11.7. The van der Waals surface area contributed by atoms with Gasteiger partial charge in [-0.15, -0.1) is 9.90 Å². The van der Waals surface area contributed by atoms with Gasteiger partial charge in [0.1, 0.15) is 0 Å². The van der Waals surface area contributed by atoms with Gasteiger partial charge in [-0.05, 0) is 40.5 Å². The first kappa shape index (κ1) is 10.8. The van der Waals surface area contributed by atoms with Crippen LogP contribution < -0.4 is 0 Å². The molecule has 6 heteroatoms. The van der Waals surface area contributed by atoms with E-state index in [4.69, 9.17) is 5.11 Å². The molecule has 2 aromatic rings. The van der Waals surface area contributed by atoms with Crippen LogP contribution >= 0.6 is 15.9 Å². The van der Waals surface area contributed by atoms with Crippen molar-refractivity contribution in [3.63, 3.8) is 0 Å². The predicted octanol–water partition coefficient (Wildman–Crippen LogP) is 2.04. The lowest BCUT2D eigenvalue weighted by molar-refractivity contribution is 0.0690. The molecule has 0 unspecified atom stereocenters. The van der Waals surface area contributed by atoms with Gasteiger partial charge < -0.3 is 5.11 Å². The first-order valence-corrected chi connectivity index (χ1v) is 5.29. The lowest BCUT2D eigenvalue weighted by Crippen LogP contribution is -2.03. The molecule has 1 N–H and O–H groups in total. The van der Waals surface area contributed by atoms with Crippen molar-refractivity contribution in [1.29, 1.82) is 0 Å². The Hall–Kier alpha value is -1.69. The van der Waals surface area contributed by atoms with Crippen molar-refractivity contribution >= 4 is 21.9 Å². The van der Waals surface area contributed by atoms with E-state index in [0.29, 0.717) is 5.69 Å². The van der Waals surface area contributed by atoms with Crippen molar-refractivity contribution in [2.75, 3.05) is 0 Å². The summed E-state index contributed by atoms with van der Waals surface area (Å²) in [5, 5.41) is 16.5. The van der Waals surface area contributed by atoms with Crippen molar-refractivity contribution in [2.45, 2.75) is 6.92 Å². The quantitative estimate of drug-likeness (QED) is 0.915. The maximum atomic E-state index is 10.7. The number of aromatic carboxylic acids is 1. The highest BCUT2D eigenvalue weighted by atomic mass is 79.9. The lowest BCUT2D eigenvalue weighted by Gasteiger charge is -2.03. The van der Waals surface area contributed by atoms with E-state index in [-0.39, 0.29) is 5.69 Å². The van der Waals surface area contributed by atoms with E-state index < -0.39 is 5.97 Å². The molecule has 1 aromatic heterocycles. The molecule has 2 rings (SSSR count). The Morgan fingerprint density at radius 1 is 1.50 bits per heavy atom. The van der Waals surface area contributed by atoms with Crippen molar-refractivity contribution < 1.29 is 9.90 Å². The van der Waals surface area contributed by atoms with Crippen molar-refractivity contribution in [2.24, 2.45) is 0 Å². The van der Waals surface area contributed by atoms with E-state index in [1.807, 2.05) is 25.1 Å². The normalized spacial score (nSPS) is 10.4. The molecule has 0 radical (unpaired) electrons. The molecule has 1 heterocycles. The second-order valence-corrected chi connectivity index (χ2v) is 4.13. The summed E-state index contributed by atoms with van der Waals surface area (Å²) in [7, 11) is 0. The molecule has 1 aromatic carbocycles. The molecular formula is C10H8BrN3O2. The van der Waals surface area contributed by atoms with Gasteiger partial charge in [-0.3, -0.25) is 0 Å². The van der Waals surface area contributed by atoms with Gasteiger partial charge in [0.15, 0.2) is 5.69 Å². The van der Waals surface area contributed by atoms with Crippen molar-refractivity contribution in [3.05, 3.63) is 40.1 Å². The predicted molar refractivity (Wildman–Crippen MR) is 60.8 cm³/mol. The second-order valence-electron chi connectivity index (χ2n) is 3.28. The number of carboxylic acids is 1. The summed E-state index contributed by atoms with van der Waals surface area (Å²) in [6.07, 6.45) is 1.22. The average Bonchev–Trinajstić information content (AvgIpc) is 2.66. The molecule has 0 aliphatic rings. The number of aryl methyl sites for hydroxylation is 1. The summed E-state index contributed by atoms with van der Waals surface area (Å²) in [6.45, 7) is 1.97. The Morgan fingerprint density at radius 2 is 2.25 bits per heavy atom. The average molecular weight is 282 g/mol. The highest BCUT2D eigenvalue weighted by molar-refractivity contribution is 9.10. The van der Waals surface area contributed by atoms with Gasteiger partial charge in [-0.25, -0.2) is 4.79 Å². The number of hydrogen-bond donors (Lipinski definition) is 1. The Balaban J connectivity index is 2.46. The topological polar surface area (TPSA) is 68.0 Å². The zero-order valence-electron chi connectivity index (χ0n) is 8.38. The third-order valence-electron chi connectivity index (χ3n) is 2.03. The molecule has 82 valence electrons. The van der Waals surface area contributed by atoms with E-state index in [0.717, 1.165) is 10.0 Å². The molecule has 0 aliphatic carbocycles. The van der Waals surface area contributed by atoms with Crippen LogP contribution in [0.2, 0.25) is 0 Å². The van der Waals surface area contributed by atoms with Crippen LogP contribution in [-0.2, 0) is 0 Å². The Bertz CT molecular complexity index is 551. The van der Waals surface area contributed by atoms with E-state index in [2.05, 4.69) is 26.1 Å². The highest BCUT2D eigenvalue weighted by Crippen LogP contribution is 2.20. The van der Waals surface area contributed by atoms with Crippen LogP contribution in [0.3, 0.4) is 0 Å². The fourth-order valence-corrected chi connectivity index (χ4v) is 1.90. The number of carbonyl (C=O) groups is 1. The summed E-state index contributed by atoms with van der Waals surface area (Å²) in [6, 6.07) is 5.65. The zero-order valence-corrected chi connectivity index (χ0v) is 9.97. The first-order chi connectivity index (χ1) is 7.58. The van der Waals surface area contributed by atoms with Crippen molar-refractivity contribution in [1.82, 2.24) is 15.0 Å². The van der Waals surface area contributed by atoms with Crippen molar-refractivity contribution in [3.8, 4) is 5.69 Å². The second kappa shape index (κ2) is 4.05. The summed E-state index contributed by atoms with van der Waals surface area (Å²) >= 11 is 3.38. The largest absolute Gasteiger partial charge is 0.476 e. The first-order valence-electron chi connectivity index (χ1n) is 4.50. The molecule has 0 atom stereocenters. The summed E-state index contributed by atoms with van der Waals surface area (Å²) in [5.74, 6) is -1.09. The van der Waals surface area contributed by atoms with Crippen LogP contribution in [0.15, 0.2) is 28.9 Å². The van der Waals surface area contributed by atoms with Gasteiger partial charge in [0, 0.05) is 4.47 Å². The van der Waals surface area contributed by atoms with E-state index >= 15 is 0 Å². The molecule has 0 bridgehead atoms. The van der Waals surface area contributed by atoms with Crippen LogP contribution in [-0.4, -0.2) is 26.1 Å². The number of halogens is 1. The van der Waals surface area contributed by atoms with Crippen LogP contribution in [0.5, 0.6) is 0 Å².